The molecule has 144 valence electrons. The van der Waals surface area contributed by atoms with Crippen molar-refractivity contribution in [3.05, 3.63) is 82.9 Å². The first-order valence-corrected chi connectivity index (χ1v) is 9.14. The van der Waals surface area contributed by atoms with Crippen LogP contribution >= 0.6 is 0 Å². The highest BCUT2D eigenvalue weighted by molar-refractivity contribution is 5.99. The van der Waals surface area contributed by atoms with E-state index in [4.69, 9.17) is 0 Å². The zero-order valence-electron chi connectivity index (χ0n) is 15.4. The van der Waals surface area contributed by atoms with Gasteiger partial charge in [-0.3, -0.25) is 14.4 Å². The molecule has 3 aromatic carbocycles. The second-order valence-corrected chi connectivity index (χ2v) is 6.58. The van der Waals surface area contributed by atoms with Gasteiger partial charge >= 0.3 is 0 Å². The van der Waals surface area contributed by atoms with E-state index in [-0.39, 0.29) is 30.3 Å². The van der Waals surface area contributed by atoms with Crippen LogP contribution in [0.15, 0.2) is 71.8 Å². The molecular formula is C22H18N4O3. The number of amides is 2. The van der Waals surface area contributed by atoms with Crippen molar-refractivity contribution in [2.24, 2.45) is 0 Å². The largest absolute Gasteiger partial charge is 0.352 e. The van der Waals surface area contributed by atoms with Gasteiger partial charge in [-0.2, -0.15) is 0 Å². The first kappa shape index (κ1) is 18.4. The normalized spacial score (nSPS) is 10.8. The molecule has 0 spiro atoms. The highest BCUT2D eigenvalue weighted by Crippen LogP contribution is 2.16. The minimum atomic E-state index is -0.270. The molecule has 0 fully saturated rings. The maximum atomic E-state index is 12.3. The van der Waals surface area contributed by atoms with E-state index in [1.807, 2.05) is 36.4 Å². The molecule has 29 heavy (non-hydrogen) atoms. The Hall–Kier alpha value is -4.00. The number of nitrogens with one attached hydrogen (secondary N) is 3. The van der Waals surface area contributed by atoms with Crippen LogP contribution in [0.1, 0.15) is 16.8 Å². The lowest BCUT2D eigenvalue weighted by Gasteiger charge is -2.08. The van der Waals surface area contributed by atoms with Crippen molar-refractivity contribution in [1.82, 2.24) is 15.3 Å². The molecule has 4 rings (SSSR count). The van der Waals surface area contributed by atoms with Gasteiger partial charge in [0.2, 0.25) is 5.91 Å². The minimum absolute atomic E-state index is 0.112. The molecular weight excluding hydrogens is 368 g/mol. The van der Waals surface area contributed by atoms with Crippen molar-refractivity contribution in [2.45, 2.75) is 6.42 Å². The van der Waals surface area contributed by atoms with E-state index in [1.165, 1.54) is 6.33 Å². The molecule has 3 N–H and O–H groups in total. The van der Waals surface area contributed by atoms with Crippen LogP contribution in [0.5, 0.6) is 0 Å². The van der Waals surface area contributed by atoms with Crippen molar-refractivity contribution >= 4 is 39.2 Å². The first-order valence-electron chi connectivity index (χ1n) is 9.14. The molecule has 7 nitrogen and oxygen atoms in total. The summed E-state index contributed by atoms with van der Waals surface area (Å²) < 4.78 is 0. The number of nitrogens with zero attached hydrogens (tertiary/aromatic N) is 1. The summed E-state index contributed by atoms with van der Waals surface area (Å²) in [6.07, 6.45) is 1.45. The molecule has 0 saturated carbocycles. The topological polar surface area (TPSA) is 104 Å². The number of carbonyl (C=O) groups excluding carboxylic acids is 2. The summed E-state index contributed by atoms with van der Waals surface area (Å²) in [7, 11) is 0. The molecule has 0 radical (unpaired) electrons. The molecule has 1 heterocycles. The zero-order chi connectivity index (χ0) is 20.2. The van der Waals surface area contributed by atoms with Crippen LogP contribution in [-0.2, 0) is 4.79 Å². The molecule has 0 saturated heterocycles. The Balaban J connectivity index is 1.34. The lowest BCUT2D eigenvalue weighted by atomic mass is 10.1. The summed E-state index contributed by atoms with van der Waals surface area (Å²) in [5, 5.41) is 7.93. The molecule has 7 heteroatoms. The molecule has 0 bridgehead atoms. The standard InChI is InChI=1S/C22H18N4O3/c27-20(26-17-7-8-19-18(12-17)22(29)25-13-24-19)9-10-23-21(28)16-6-5-14-3-1-2-4-15(14)11-16/h1-8,11-13H,9-10H2,(H,23,28)(H,26,27)(H,24,25,29). The van der Waals surface area contributed by atoms with Gasteiger partial charge in [0.25, 0.3) is 11.5 Å². The van der Waals surface area contributed by atoms with Crippen LogP contribution < -0.4 is 16.2 Å². The number of fused-ring (bicyclic) bond motifs is 2. The van der Waals surface area contributed by atoms with Gasteiger partial charge < -0.3 is 15.6 Å². The number of hydrogen-bond acceptors (Lipinski definition) is 4. The lowest BCUT2D eigenvalue weighted by Crippen LogP contribution is -2.27. The molecule has 0 unspecified atom stereocenters. The molecule has 0 aliphatic carbocycles. The van der Waals surface area contributed by atoms with E-state index in [0.717, 1.165) is 10.8 Å². The molecule has 0 aliphatic heterocycles. The maximum Gasteiger partial charge on any atom is 0.258 e. The van der Waals surface area contributed by atoms with Crippen LogP contribution in [0.3, 0.4) is 0 Å². The Morgan fingerprint density at radius 3 is 2.66 bits per heavy atom. The maximum absolute atomic E-state index is 12.3. The van der Waals surface area contributed by atoms with Gasteiger partial charge in [0.15, 0.2) is 0 Å². The third kappa shape index (κ3) is 4.14. The molecule has 0 aliphatic rings. The van der Waals surface area contributed by atoms with E-state index in [1.54, 1.807) is 24.3 Å². The zero-order valence-corrected chi connectivity index (χ0v) is 15.4. The molecule has 4 aromatic rings. The fourth-order valence-electron chi connectivity index (χ4n) is 3.09. The monoisotopic (exact) mass is 386 g/mol. The van der Waals surface area contributed by atoms with Gasteiger partial charge in [-0.1, -0.05) is 30.3 Å². The predicted molar refractivity (Wildman–Crippen MR) is 112 cm³/mol. The highest BCUT2D eigenvalue weighted by Gasteiger charge is 2.09. The Morgan fingerprint density at radius 2 is 1.79 bits per heavy atom. The average Bonchev–Trinajstić information content (AvgIpc) is 2.74. The number of aromatic nitrogens is 2. The Morgan fingerprint density at radius 1 is 0.966 bits per heavy atom. The number of anilines is 1. The summed E-state index contributed by atoms with van der Waals surface area (Å²) in [5.41, 5.74) is 1.33. The van der Waals surface area contributed by atoms with Gasteiger partial charge in [0.1, 0.15) is 0 Å². The Bertz CT molecular complexity index is 1280. The highest BCUT2D eigenvalue weighted by atomic mass is 16.2. The summed E-state index contributed by atoms with van der Waals surface area (Å²) in [6.45, 7) is 0.202. The van der Waals surface area contributed by atoms with Gasteiger partial charge in [0, 0.05) is 24.2 Å². The predicted octanol–water partition coefficient (Wildman–Crippen LogP) is 2.83. The summed E-state index contributed by atoms with van der Waals surface area (Å²) in [4.78, 5) is 42.9. The summed E-state index contributed by atoms with van der Waals surface area (Å²) in [6, 6.07) is 18.2. The van der Waals surface area contributed by atoms with Crippen LogP contribution in [0.2, 0.25) is 0 Å². The number of H-pyrrole nitrogens is 1. The van der Waals surface area contributed by atoms with Crippen LogP contribution in [0.25, 0.3) is 21.7 Å². The van der Waals surface area contributed by atoms with Crippen molar-refractivity contribution < 1.29 is 9.59 Å². The van der Waals surface area contributed by atoms with Gasteiger partial charge in [-0.05, 0) is 41.1 Å². The second-order valence-electron chi connectivity index (χ2n) is 6.58. The van der Waals surface area contributed by atoms with Crippen molar-refractivity contribution in [3.63, 3.8) is 0 Å². The Kier molecular flexibility index (Phi) is 5.03. The number of hydrogen-bond donors (Lipinski definition) is 3. The average molecular weight is 386 g/mol. The Labute approximate surface area is 165 Å². The third-order valence-corrected chi connectivity index (χ3v) is 4.57. The van der Waals surface area contributed by atoms with Crippen LogP contribution in [-0.4, -0.2) is 28.3 Å². The molecule has 2 amide bonds. The van der Waals surface area contributed by atoms with Crippen molar-refractivity contribution in [2.75, 3.05) is 11.9 Å². The minimum Gasteiger partial charge on any atom is -0.352 e. The smallest absolute Gasteiger partial charge is 0.258 e. The van der Waals surface area contributed by atoms with E-state index in [2.05, 4.69) is 20.6 Å². The summed E-state index contributed by atoms with van der Waals surface area (Å²) in [5.74, 6) is -0.490. The van der Waals surface area contributed by atoms with E-state index >= 15 is 0 Å². The number of aromatic amines is 1. The van der Waals surface area contributed by atoms with Crippen LogP contribution in [0.4, 0.5) is 5.69 Å². The van der Waals surface area contributed by atoms with Crippen molar-refractivity contribution in [1.29, 1.82) is 0 Å². The van der Waals surface area contributed by atoms with Gasteiger partial charge in [-0.25, -0.2) is 4.98 Å². The fourth-order valence-corrected chi connectivity index (χ4v) is 3.09. The van der Waals surface area contributed by atoms with Crippen molar-refractivity contribution in [3.8, 4) is 0 Å². The second kappa shape index (κ2) is 7.93. The van der Waals surface area contributed by atoms with E-state index in [9.17, 15) is 14.4 Å². The number of rotatable bonds is 5. The van der Waals surface area contributed by atoms with Crippen LogP contribution in [0, 0.1) is 0 Å². The van der Waals surface area contributed by atoms with E-state index in [0.29, 0.717) is 22.2 Å². The SMILES string of the molecule is O=C(CCNC(=O)c1ccc2ccccc2c1)Nc1ccc2nc[nH]c(=O)c2c1. The third-order valence-electron chi connectivity index (χ3n) is 4.57. The lowest BCUT2D eigenvalue weighted by molar-refractivity contribution is -0.116. The summed E-state index contributed by atoms with van der Waals surface area (Å²) >= 11 is 0. The van der Waals surface area contributed by atoms with Gasteiger partial charge in [-0.15, -0.1) is 0 Å². The molecule has 1 aromatic heterocycles. The number of benzene rings is 3. The van der Waals surface area contributed by atoms with E-state index < -0.39 is 0 Å². The quantitative estimate of drug-likeness (QED) is 0.491. The molecule has 0 atom stereocenters. The fraction of sp³-hybridized carbons (Fsp3) is 0.0909. The number of carbonyl (C=O) groups is 2. The van der Waals surface area contributed by atoms with Gasteiger partial charge in [0.05, 0.1) is 17.2 Å². The first-order chi connectivity index (χ1) is 14.1.